The van der Waals surface area contributed by atoms with Crippen LogP contribution in [-0.4, -0.2) is 33.6 Å². The molecule has 8 heteroatoms. The highest BCUT2D eigenvalue weighted by Crippen LogP contribution is 2.47. The lowest BCUT2D eigenvalue weighted by atomic mass is 9.72. The number of carbonyl (C=O) groups excluding carboxylic acids is 1. The van der Waals surface area contributed by atoms with Gasteiger partial charge in [-0.05, 0) is 42.5 Å². The first kappa shape index (κ1) is 20.1. The van der Waals surface area contributed by atoms with Crippen LogP contribution in [0.15, 0.2) is 12.3 Å². The standard InChI is InChI=1S/C20H19F3N2O3/c1-11-6-13(8-25-18(11)28-10-20(21,22)23)12(2)19(3)7-15-14(17(19)27)4-5-24-16(15)9-26/h6,8,12,26H,7,9-10H2,1-3H3. The number of Topliss-reactive ketones (excluding diaryl/α,β-unsaturated/α-hetero) is 1. The van der Waals surface area contributed by atoms with Crippen molar-refractivity contribution in [2.75, 3.05) is 6.61 Å². The third-order valence-corrected chi connectivity index (χ3v) is 5.34. The van der Waals surface area contributed by atoms with Crippen LogP contribution in [0.25, 0.3) is 0 Å². The predicted molar refractivity (Wildman–Crippen MR) is 92.9 cm³/mol. The maximum absolute atomic E-state index is 13.0. The van der Waals surface area contributed by atoms with Gasteiger partial charge in [-0.1, -0.05) is 13.8 Å². The number of pyridine rings is 1. The topological polar surface area (TPSA) is 72.3 Å². The van der Waals surface area contributed by atoms with Crippen LogP contribution in [0.4, 0.5) is 13.2 Å². The number of rotatable bonds is 5. The normalized spacial score (nSPS) is 19.9. The van der Waals surface area contributed by atoms with E-state index in [1.54, 1.807) is 13.0 Å². The number of ketones is 1. The summed E-state index contributed by atoms with van der Waals surface area (Å²) in [5.41, 5.74) is 1.80. The van der Waals surface area contributed by atoms with Crippen molar-refractivity contribution in [2.24, 2.45) is 5.41 Å². The van der Waals surface area contributed by atoms with Gasteiger partial charge in [0.1, 0.15) is 0 Å². The predicted octanol–water partition coefficient (Wildman–Crippen LogP) is 3.37. The summed E-state index contributed by atoms with van der Waals surface area (Å²) >= 11 is 0. The summed E-state index contributed by atoms with van der Waals surface area (Å²) in [7, 11) is 0. The van der Waals surface area contributed by atoms with Gasteiger partial charge in [-0.3, -0.25) is 4.79 Å². The maximum Gasteiger partial charge on any atom is 0.422 e. The molecule has 0 fully saturated rings. The average Bonchev–Trinajstić information content (AvgIpc) is 2.91. The van der Waals surface area contributed by atoms with Gasteiger partial charge in [0.15, 0.2) is 12.4 Å². The van der Waals surface area contributed by atoms with Crippen LogP contribution in [-0.2, 0) is 13.0 Å². The van der Waals surface area contributed by atoms with Gasteiger partial charge in [0, 0.05) is 23.4 Å². The Morgan fingerprint density at radius 1 is 1.43 bits per heavy atom. The van der Waals surface area contributed by atoms with E-state index in [0.717, 1.165) is 0 Å². The molecule has 2 aromatic heterocycles. The second-order valence-electron chi connectivity index (χ2n) is 7.25. The summed E-state index contributed by atoms with van der Waals surface area (Å²) in [5.74, 6) is -0.497. The highest BCUT2D eigenvalue weighted by molar-refractivity contribution is 6.05. The van der Waals surface area contributed by atoms with Crippen molar-refractivity contribution < 1.29 is 27.8 Å². The molecule has 148 valence electrons. The molecule has 0 spiro atoms. The number of nitrogens with zero attached hydrogens (tertiary/aromatic N) is 2. The summed E-state index contributed by atoms with van der Waals surface area (Å²) in [6.45, 7) is 3.59. The summed E-state index contributed by atoms with van der Waals surface area (Å²) in [6.07, 6.45) is -0.104. The number of carbonyl (C=O) groups is 1. The fourth-order valence-corrected chi connectivity index (χ4v) is 3.53. The number of aromatic nitrogens is 2. The van der Waals surface area contributed by atoms with Crippen molar-refractivity contribution in [2.45, 2.75) is 45.9 Å². The number of halogens is 3. The molecular weight excluding hydrogens is 373 g/mol. The Morgan fingerprint density at radius 3 is 2.75 bits per heavy atom. The molecule has 0 radical (unpaired) electrons. The molecular formula is C20H19F3N2O3. The molecule has 2 aromatic rings. The minimum Gasteiger partial charge on any atom is -0.468 e. The Kier molecular flexibility index (Phi) is 5.06. The molecule has 0 aromatic carbocycles. The SMILES string of the molecule is Cc1cc(C(C)C2(C)Cc3c(c#cnc3CO)C2=O)cnc1OCC(F)(F)F. The van der Waals surface area contributed by atoms with E-state index in [9.17, 15) is 23.1 Å². The lowest BCUT2D eigenvalue weighted by molar-refractivity contribution is -0.154. The number of hydrogen-bond acceptors (Lipinski definition) is 5. The molecule has 1 aliphatic carbocycles. The third kappa shape index (κ3) is 3.54. The van der Waals surface area contributed by atoms with E-state index in [0.29, 0.717) is 34.4 Å². The quantitative estimate of drug-likeness (QED) is 0.845. The number of aryl methyl sites for hydroxylation is 1. The van der Waals surface area contributed by atoms with Crippen molar-refractivity contribution in [3.05, 3.63) is 52.5 Å². The van der Waals surface area contributed by atoms with Crippen LogP contribution < -0.4 is 4.74 Å². The van der Waals surface area contributed by atoms with Gasteiger partial charge < -0.3 is 9.84 Å². The minimum absolute atomic E-state index is 0.0887. The molecule has 0 saturated carbocycles. The van der Waals surface area contributed by atoms with Crippen molar-refractivity contribution in [1.82, 2.24) is 9.97 Å². The van der Waals surface area contributed by atoms with Gasteiger partial charge in [-0.2, -0.15) is 18.2 Å². The van der Waals surface area contributed by atoms with Crippen LogP contribution in [0, 0.1) is 24.6 Å². The van der Waals surface area contributed by atoms with Crippen molar-refractivity contribution in [3.8, 4) is 5.88 Å². The first-order valence-electron chi connectivity index (χ1n) is 8.69. The fourth-order valence-electron chi connectivity index (χ4n) is 3.53. The minimum atomic E-state index is -4.44. The van der Waals surface area contributed by atoms with E-state index >= 15 is 0 Å². The largest absolute Gasteiger partial charge is 0.468 e. The van der Waals surface area contributed by atoms with E-state index < -0.39 is 18.2 Å². The molecule has 3 rings (SSSR count). The van der Waals surface area contributed by atoms with E-state index in [1.807, 2.05) is 13.8 Å². The highest BCUT2D eigenvalue weighted by atomic mass is 19.4. The Morgan fingerprint density at radius 2 is 2.14 bits per heavy atom. The highest BCUT2D eigenvalue weighted by Gasteiger charge is 2.47. The number of hydrogen-bond donors (Lipinski definition) is 1. The molecule has 0 aliphatic heterocycles. The number of ether oxygens (including phenoxy) is 1. The van der Waals surface area contributed by atoms with E-state index in [2.05, 4.69) is 22.2 Å². The third-order valence-electron chi connectivity index (χ3n) is 5.34. The number of aliphatic hydroxyl groups is 1. The van der Waals surface area contributed by atoms with Gasteiger partial charge in [0.2, 0.25) is 5.88 Å². The van der Waals surface area contributed by atoms with Crippen molar-refractivity contribution in [1.29, 1.82) is 0 Å². The molecule has 5 nitrogen and oxygen atoms in total. The Labute approximate surface area is 160 Å². The Balaban J connectivity index is 1.87. The fraction of sp³-hybridized carbons (Fsp3) is 0.450. The van der Waals surface area contributed by atoms with Crippen LogP contribution in [0.2, 0.25) is 0 Å². The van der Waals surface area contributed by atoms with Gasteiger partial charge in [0.25, 0.3) is 0 Å². The molecule has 2 heterocycles. The zero-order chi connectivity index (χ0) is 20.7. The van der Waals surface area contributed by atoms with Gasteiger partial charge in [0.05, 0.1) is 17.9 Å². The van der Waals surface area contributed by atoms with Crippen molar-refractivity contribution in [3.63, 3.8) is 0 Å². The summed E-state index contributed by atoms with van der Waals surface area (Å²) in [5, 5.41) is 9.48. The first-order chi connectivity index (χ1) is 13.1. The monoisotopic (exact) mass is 392 g/mol. The van der Waals surface area contributed by atoms with E-state index in [-0.39, 0.29) is 24.2 Å². The molecule has 0 bridgehead atoms. The second kappa shape index (κ2) is 7.06. The zero-order valence-corrected chi connectivity index (χ0v) is 15.6. The van der Waals surface area contributed by atoms with Crippen molar-refractivity contribution >= 4 is 5.78 Å². The molecule has 2 unspecified atom stereocenters. The van der Waals surface area contributed by atoms with Crippen LogP contribution in [0.3, 0.4) is 0 Å². The maximum atomic E-state index is 13.0. The molecule has 1 N–H and O–H groups in total. The van der Waals surface area contributed by atoms with Crippen LogP contribution >= 0.6 is 0 Å². The van der Waals surface area contributed by atoms with Gasteiger partial charge >= 0.3 is 6.18 Å². The van der Waals surface area contributed by atoms with Crippen LogP contribution in [0.5, 0.6) is 5.88 Å². The molecule has 28 heavy (non-hydrogen) atoms. The summed E-state index contributed by atoms with van der Waals surface area (Å²) in [4.78, 5) is 21.0. The molecule has 0 amide bonds. The number of aliphatic hydroxyl groups excluding tert-OH is 1. The number of fused-ring (bicyclic) bond motifs is 1. The molecule has 2 atom stereocenters. The van der Waals surface area contributed by atoms with Gasteiger partial charge in [-0.15, -0.1) is 0 Å². The summed E-state index contributed by atoms with van der Waals surface area (Å²) < 4.78 is 41.8. The Bertz CT molecular complexity index is 914. The first-order valence-corrected chi connectivity index (χ1v) is 8.69. The van der Waals surface area contributed by atoms with Gasteiger partial charge in [-0.25, -0.2) is 4.98 Å². The average molecular weight is 392 g/mol. The lowest BCUT2D eigenvalue weighted by Crippen LogP contribution is -2.30. The molecule has 1 aliphatic rings. The van der Waals surface area contributed by atoms with E-state index in [4.69, 9.17) is 4.74 Å². The number of alkyl halides is 3. The Hall–Kier alpha value is -2.66. The molecule has 0 saturated heterocycles. The smallest absolute Gasteiger partial charge is 0.422 e. The zero-order valence-electron chi connectivity index (χ0n) is 15.6. The lowest BCUT2D eigenvalue weighted by Gasteiger charge is -2.30. The van der Waals surface area contributed by atoms with Crippen LogP contribution in [0.1, 0.15) is 52.5 Å². The van der Waals surface area contributed by atoms with E-state index in [1.165, 1.54) is 6.20 Å². The second-order valence-corrected chi connectivity index (χ2v) is 7.25. The summed E-state index contributed by atoms with van der Waals surface area (Å²) in [6, 6.07) is 4.43.